The van der Waals surface area contributed by atoms with Crippen LogP contribution in [0.2, 0.25) is 0 Å². The fraction of sp³-hybridized carbons (Fsp3) is 1.00. The lowest BCUT2D eigenvalue weighted by Gasteiger charge is -2.23. The van der Waals surface area contributed by atoms with Gasteiger partial charge in [-0.2, -0.15) is 0 Å². The van der Waals surface area contributed by atoms with Crippen molar-refractivity contribution in [3.8, 4) is 0 Å². The summed E-state index contributed by atoms with van der Waals surface area (Å²) in [6, 6.07) is 0. The van der Waals surface area contributed by atoms with Gasteiger partial charge in [-0.05, 0) is 69.1 Å². The zero-order valence-electron chi connectivity index (χ0n) is 15.8. The van der Waals surface area contributed by atoms with Crippen molar-refractivity contribution in [1.82, 2.24) is 0 Å². The van der Waals surface area contributed by atoms with Gasteiger partial charge >= 0.3 is 0 Å². The van der Waals surface area contributed by atoms with Crippen molar-refractivity contribution < 1.29 is 14.6 Å². The topological polar surface area (TPSA) is 38.7 Å². The summed E-state index contributed by atoms with van der Waals surface area (Å²) in [6.45, 7) is 12.5. The summed E-state index contributed by atoms with van der Waals surface area (Å²) in [4.78, 5) is 0. The van der Waals surface area contributed by atoms with Crippen molar-refractivity contribution >= 4 is 0 Å². The third-order valence-electron chi connectivity index (χ3n) is 4.34. The van der Waals surface area contributed by atoms with Crippen LogP contribution in [0.25, 0.3) is 0 Å². The van der Waals surface area contributed by atoms with Crippen LogP contribution < -0.4 is 0 Å². The lowest BCUT2D eigenvalue weighted by Crippen LogP contribution is -2.13. The van der Waals surface area contributed by atoms with Gasteiger partial charge in [-0.25, -0.2) is 0 Å². The van der Waals surface area contributed by atoms with E-state index in [1.165, 1.54) is 25.7 Å². The molecule has 0 heterocycles. The van der Waals surface area contributed by atoms with Gasteiger partial charge in [0.1, 0.15) is 6.79 Å². The van der Waals surface area contributed by atoms with Gasteiger partial charge in [0.05, 0.1) is 6.10 Å². The minimum atomic E-state index is -0.167. The summed E-state index contributed by atoms with van der Waals surface area (Å²) in [6.07, 6.45) is 6.96. The average Bonchev–Trinajstić information content (AvgIpc) is 2.36. The van der Waals surface area contributed by atoms with E-state index in [-0.39, 0.29) is 6.10 Å². The fourth-order valence-corrected chi connectivity index (χ4v) is 3.73. The Bertz CT molecular complexity index is 243. The van der Waals surface area contributed by atoms with Crippen molar-refractivity contribution in [2.24, 2.45) is 23.7 Å². The molecule has 0 aliphatic carbocycles. The molecule has 0 spiro atoms. The summed E-state index contributed by atoms with van der Waals surface area (Å²) in [5, 5.41) is 9.45. The van der Waals surface area contributed by atoms with Crippen LogP contribution in [0.5, 0.6) is 0 Å². The maximum Gasteiger partial charge on any atom is 0.146 e. The molecule has 0 aliphatic heterocycles. The van der Waals surface area contributed by atoms with Crippen molar-refractivity contribution in [2.75, 3.05) is 20.5 Å². The molecule has 0 rings (SSSR count). The number of hydrogen-bond acceptors (Lipinski definition) is 3. The van der Waals surface area contributed by atoms with Crippen LogP contribution in [0.1, 0.15) is 73.1 Å². The molecule has 0 fully saturated rings. The summed E-state index contributed by atoms with van der Waals surface area (Å²) >= 11 is 0. The number of ether oxygens (including phenoxy) is 2. The van der Waals surface area contributed by atoms with E-state index in [4.69, 9.17) is 9.47 Å². The molecule has 5 atom stereocenters. The molecule has 0 amide bonds. The van der Waals surface area contributed by atoms with E-state index in [2.05, 4.69) is 27.7 Å². The quantitative estimate of drug-likeness (QED) is 0.367. The zero-order valence-corrected chi connectivity index (χ0v) is 15.8. The van der Waals surface area contributed by atoms with Gasteiger partial charge in [0.25, 0.3) is 0 Å². The molecule has 0 aromatic carbocycles. The highest BCUT2D eigenvalue weighted by Crippen LogP contribution is 2.27. The van der Waals surface area contributed by atoms with Gasteiger partial charge in [-0.1, -0.05) is 27.7 Å². The number of methoxy groups -OCH3 is 1. The smallest absolute Gasteiger partial charge is 0.146 e. The zero-order chi connectivity index (χ0) is 17.0. The van der Waals surface area contributed by atoms with Crippen LogP contribution in [-0.4, -0.2) is 31.7 Å². The maximum atomic E-state index is 9.45. The first-order valence-electron chi connectivity index (χ1n) is 9.09. The van der Waals surface area contributed by atoms with E-state index in [1.807, 2.05) is 6.92 Å². The highest BCUT2D eigenvalue weighted by Gasteiger charge is 2.15. The molecule has 0 bridgehead atoms. The van der Waals surface area contributed by atoms with Gasteiger partial charge in [-0.3, -0.25) is 0 Å². The summed E-state index contributed by atoms with van der Waals surface area (Å²) in [5.41, 5.74) is 0. The number of hydrogen-bond donors (Lipinski definition) is 1. The van der Waals surface area contributed by atoms with E-state index in [1.54, 1.807) is 7.11 Å². The van der Waals surface area contributed by atoms with Crippen molar-refractivity contribution in [3.63, 3.8) is 0 Å². The Morgan fingerprint density at radius 3 is 1.77 bits per heavy atom. The van der Waals surface area contributed by atoms with E-state index in [9.17, 15) is 5.11 Å². The first kappa shape index (κ1) is 21.9. The summed E-state index contributed by atoms with van der Waals surface area (Å²) in [5.74, 6) is 2.92. The minimum absolute atomic E-state index is 0.167. The molecule has 3 nitrogen and oxygen atoms in total. The Morgan fingerprint density at radius 2 is 1.27 bits per heavy atom. The van der Waals surface area contributed by atoms with E-state index in [0.717, 1.165) is 37.2 Å². The van der Waals surface area contributed by atoms with Crippen LogP contribution in [0, 0.1) is 23.7 Å². The monoisotopic (exact) mass is 316 g/mol. The van der Waals surface area contributed by atoms with Crippen molar-refractivity contribution in [2.45, 2.75) is 79.2 Å². The van der Waals surface area contributed by atoms with E-state index in [0.29, 0.717) is 12.7 Å². The van der Waals surface area contributed by atoms with Crippen molar-refractivity contribution in [1.29, 1.82) is 0 Å². The fourth-order valence-electron chi connectivity index (χ4n) is 3.73. The van der Waals surface area contributed by atoms with Gasteiger partial charge in [0.15, 0.2) is 0 Å². The molecule has 0 radical (unpaired) electrons. The predicted molar refractivity (Wildman–Crippen MR) is 93.9 cm³/mol. The van der Waals surface area contributed by atoms with Crippen LogP contribution in [0.3, 0.4) is 0 Å². The van der Waals surface area contributed by atoms with Crippen LogP contribution in [0.4, 0.5) is 0 Å². The number of aliphatic hydroxyl groups excluding tert-OH is 1. The molecule has 1 N–H and O–H groups in total. The Kier molecular flexibility index (Phi) is 13.3. The van der Waals surface area contributed by atoms with Gasteiger partial charge < -0.3 is 14.6 Å². The molecule has 0 saturated heterocycles. The largest absolute Gasteiger partial charge is 0.393 e. The van der Waals surface area contributed by atoms with Crippen LogP contribution in [0.15, 0.2) is 0 Å². The van der Waals surface area contributed by atoms with Gasteiger partial charge in [0, 0.05) is 13.7 Å². The lowest BCUT2D eigenvalue weighted by atomic mass is 9.83. The van der Waals surface area contributed by atoms with Crippen LogP contribution >= 0.6 is 0 Å². The maximum absolute atomic E-state index is 9.45. The highest BCUT2D eigenvalue weighted by molar-refractivity contribution is 4.67. The minimum Gasteiger partial charge on any atom is -0.393 e. The molecule has 22 heavy (non-hydrogen) atoms. The first-order chi connectivity index (χ1) is 10.3. The predicted octanol–water partition coefficient (Wildman–Crippen LogP) is 4.87. The molecular formula is C19H40O3. The number of rotatable bonds is 14. The second kappa shape index (κ2) is 13.3. The van der Waals surface area contributed by atoms with E-state index >= 15 is 0 Å². The number of aliphatic hydroxyl groups is 1. The molecule has 5 unspecified atom stereocenters. The normalized spacial score (nSPS) is 18.7. The molecule has 0 aromatic rings. The molecule has 134 valence electrons. The SMILES string of the molecule is COCOCCCC(C)CC(C)CC(C)CC(C)CC(C)O. The molecule has 0 aliphatic rings. The standard InChI is InChI=1S/C19H40O3/c1-15(8-7-9-22-14-21-6)10-16(2)11-17(3)12-18(4)13-19(5)20/h15-20H,7-14H2,1-6H3. The third-order valence-corrected chi connectivity index (χ3v) is 4.34. The average molecular weight is 317 g/mol. The Morgan fingerprint density at radius 1 is 0.773 bits per heavy atom. The third kappa shape index (κ3) is 13.5. The summed E-state index contributed by atoms with van der Waals surface area (Å²) in [7, 11) is 1.66. The highest BCUT2D eigenvalue weighted by atomic mass is 16.7. The second-order valence-electron chi connectivity index (χ2n) is 7.67. The van der Waals surface area contributed by atoms with E-state index < -0.39 is 0 Å². The Hall–Kier alpha value is -0.120. The van der Waals surface area contributed by atoms with Gasteiger partial charge in [-0.15, -0.1) is 0 Å². The summed E-state index contributed by atoms with van der Waals surface area (Å²) < 4.78 is 10.2. The van der Waals surface area contributed by atoms with Gasteiger partial charge in [0.2, 0.25) is 0 Å². The second-order valence-corrected chi connectivity index (χ2v) is 7.67. The molecule has 3 heteroatoms. The Balaban J connectivity index is 3.75. The lowest BCUT2D eigenvalue weighted by molar-refractivity contribution is -0.0323. The molecular weight excluding hydrogens is 276 g/mol. The molecule has 0 aromatic heterocycles. The Labute approximate surface area is 138 Å². The molecule has 0 saturated carbocycles. The first-order valence-corrected chi connectivity index (χ1v) is 9.09. The van der Waals surface area contributed by atoms with Crippen LogP contribution in [-0.2, 0) is 9.47 Å². The van der Waals surface area contributed by atoms with Crippen molar-refractivity contribution in [3.05, 3.63) is 0 Å².